The number of halogens is 2. The molecule has 1 fully saturated rings. The fourth-order valence-corrected chi connectivity index (χ4v) is 7.74. The first-order valence-corrected chi connectivity index (χ1v) is 11.7. The number of pyridine rings is 1. The van der Waals surface area contributed by atoms with Gasteiger partial charge in [0.05, 0.1) is 26.0 Å². The first kappa shape index (κ1) is 19.8. The average molecular weight is 553 g/mol. The van der Waals surface area contributed by atoms with Crippen molar-refractivity contribution in [3.63, 3.8) is 0 Å². The molecule has 2 unspecified atom stereocenters. The Kier molecular flexibility index (Phi) is 4.08. The zero-order valence-corrected chi connectivity index (χ0v) is 19.6. The van der Waals surface area contributed by atoms with Crippen LogP contribution >= 0.6 is 31.9 Å². The van der Waals surface area contributed by atoms with E-state index in [0.29, 0.717) is 0 Å². The predicted molar refractivity (Wildman–Crippen MR) is 123 cm³/mol. The number of hydrogen-bond acceptors (Lipinski definition) is 4. The lowest BCUT2D eigenvalue weighted by molar-refractivity contribution is -0.142. The van der Waals surface area contributed by atoms with Crippen molar-refractivity contribution in [1.29, 1.82) is 0 Å². The fourth-order valence-electron chi connectivity index (χ4n) is 5.44. The van der Waals surface area contributed by atoms with Crippen LogP contribution < -0.4 is 5.43 Å². The Balaban J connectivity index is 1.52. The third kappa shape index (κ3) is 2.24. The Morgan fingerprint density at radius 2 is 1.28 bits per heavy atom. The van der Waals surface area contributed by atoms with E-state index in [4.69, 9.17) is 0 Å². The highest BCUT2D eigenvalue weighted by atomic mass is 79.9. The summed E-state index contributed by atoms with van der Waals surface area (Å²) in [6.07, 6.45) is 2.94. The quantitative estimate of drug-likeness (QED) is 0.389. The maximum absolute atomic E-state index is 13.7. The van der Waals surface area contributed by atoms with E-state index < -0.39 is 38.2 Å². The molecule has 3 aromatic rings. The Morgan fingerprint density at radius 1 is 0.812 bits per heavy atom. The monoisotopic (exact) mass is 551 g/mol. The number of alkyl halides is 2. The van der Waals surface area contributed by atoms with Crippen molar-refractivity contribution in [2.24, 2.45) is 11.8 Å². The Hall–Kier alpha value is -2.84. The minimum absolute atomic E-state index is 0.264. The minimum Gasteiger partial charge on any atom is -0.272 e. The number of aromatic nitrogens is 1. The van der Waals surface area contributed by atoms with E-state index in [0.717, 1.165) is 27.3 Å². The smallest absolute Gasteiger partial charge is 0.271 e. The number of carbonyl (C=O) groups excluding carboxylic acids is 3. The summed E-state index contributed by atoms with van der Waals surface area (Å²) in [5.74, 6) is -2.90. The third-order valence-corrected chi connectivity index (χ3v) is 9.42. The molecule has 0 saturated carbocycles. The lowest BCUT2D eigenvalue weighted by atomic mass is 9.54. The van der Waals surface area contributed by atoms with Crippen LogP contribution in [0.1, 0.15) is 32.6 Å². The summed E-state index contributed by atoms with van der Waals surface area (Å²) < 4.78 is -1.78. The van der Waals surface area contributed by atoms with Gasteiger partial charge in [-0.25, -0.2) is 0 Å². The van der Waals surface area contributed by atoms with Crippen LogP contribution in [0.2, 0.25) is 0 Å². The van der Waals surface area contributed by atoms with Gasteiger partial charge in [0.15, 0.2) is 0 Å². The van der Waals surface area contributed by atoms with Gasteiger partial charge in [-0.2, -0.15) is 5.01 Å². The van der Waals surface area contributed by atoms with Crippen molar-refractivity contribution in [2.75, 3.05) is 0 Å². The number of hydrogen-bond donors (Lipinski definition) is 1. The standard InChI is InChI=1S/C24H15Br2N3O3/c25-23-14-7-1-2-8-15(14)24(26,17-10-4-3-9-16(17)23)19-18(23)21(31)29(22(19)32)28-20(30)13-6-5-11-27-12-13/h1-12,18-19H,(H,28,30). The molecule has 3 amide bonds. The number of carbonyl (C=O) groups is 3. The first-order valence-electron chi connectivity index (χ1n) is 10.1. The van der Waals surface area contributed by atoms with E-state index in [9.17, 15) is 14.4 Å². The molecule has 7 rings (SSSR count). The van der Waals surface area contributed by atoms with Gasteiger partial charge in [-0.05, 0) is 34.4 Å². The van der Waals surface area contributed by atoms with Crippen molar-refractivity contribution in [2.45, 2.75) is 8.65 Å². The van der Waals surface area contributed by atoms with Crippen LogP contribution in [0.5, 0.6) is 0 Å². The Labute approximate surface area is 200 Å². The van der Waals surface area contributed by atoms with Gasteiger partial charge in [0.2, 0.25) is 0 Å². The summed E-state index contributed by atoms with van der Waals surface area (Å²) in [4.78, 5) is 44.1. The van der Waals surface area contributed by atoms with Crippen molar-refractivity contribution in [3.05, 3.63) is 101 Å². The molecule has 32 heavy (non-hydrogen) atoms. The summed E-state index contributed by atoms with van der Waals surface area (Å²) in [7, 11) is 0. The number of rotatable bonds is 2. The summed E-state index contributed by atoms with van der Waals surface area (Å²) >= 11 is 7.85. The molecule has 1 aliphatic heterocycles. The van der Waals surface area contributed by atoms with Crippen LogP contribution in [0.3, 0.4) is 0 Å². The first-order chi connectivity index (χ1) is 15.4. The zero-order chi connectivity index (χ0) is 22.3. The molecule has 2 aromatic carbocycles. The summed E-state index contributed by atoms with van der Waals surface area (Å²) in [6.45, 7) is 0. The maximum Gasteiger partial charge on any atom is 0.271 e. The number of benzene rings is 2. The van der Waals surface area contributed by atoms with Gasteiger partial charge in [0.25, 0.3) is 17.7 Å². The third-order valence-electron chi connectivity index (χ3n) is 6.72. The molecule has 158 valence electrons. The molecule has 1 saturated heterocycles. The lowest BCUT2D eigenvalue weighted by Gasteiger charge is -2.55. The molecule has 2 heterocycles. The molecule has 6 nitrogen and oxygen atoms in total. The average Bonchev–Trinajstić information content (AvgIpc) is 3.09. The number of nitrogens with zero attached hydrogens (tertiary/aromatic N) is 2. The van der Waals surface area contributed by atoms with Crippen molar-refractivity contribution in [1.82, 2.24) is 15.4 Å². The molecule has 3 aliphatic carbocycles. The molecule has 0 radical (unpaired) electrons. The summed E-state index contributed by atoms with van der Waals surface area (Å²) in [5.41, 5.74) is 6.56. The highest BCUT2D eigenvalue weighted by Gasteiger charge is 2.72. The van der Waals surface area contributed by atoms with E-state index in [-0.39, 0.29) is 5.56 Å². The van der Waals surface area contributed by atoms with Crippen LogP contribution in [0.4, 0.5) is 0 Å². The highest BCUT2D eigenvalue weighted by molar-refractivity contribution is 9.10. The Bertz CT molecular complexity index is 1210. The molecule has 0 spiro atoms. The SMILES string of the molecule is O=C(NN1C(=O)C2C(C1=O)C1(Br)c3ccccc3C2(Br)c2ccccc21)c1cccnc1. The highest BCUT2D eigenvalue weighted by Crippen LogP contribution is 2.70. The number of nitrogens with one attached hydrogen (secondary N) is 1. The Morgan fingerprint density at radius 3 is 1.69 bits per heavy atom. The fraction of sp³-hybridized carbons (Fsp3) is 0.167. The van der Waals surface area contributed by atoms with Gasteiger partial charge in [0.1, 0.15) is 0 Å². The minimum atomic E-state index is -0.888. The molecule has 1 N–H and O–H groups in total. The second kappa shape index (κ2) is 6.59. The van der Waals surface area contributed by atoms with Crippen LogP contribution in [0.25, 0.3) is 0 Å². The van der Waals surface area contributed by atoms with Crippen LogP contribution in [0.15, 0.2) is 73.1 Å². The van der Waals surface area contributed by atoms with Crippen LogP contribution in [0, 0.1) is 11.8 Å². The molecule has 2 atom stereocenters. The van der Waals surface area contributed by atoms with Crippen molar-refractivity contribution < 1.29 is 14.4 Å². The summed E-state index contributed by atoms with van der Waals surface area (Å²) in [5, 5.41) is 0.883. The molecule has 4 aliphatic rings. The lowest BCUT2D eigenvalue weighted by Crippen LogP contribution is -2.56. The van der Waals surface area contributed by atoms with E-state index in [1.165, 1.54) is 6.20 Å². The van der Waals surface area contributed by atoms with Crippen molar-refractivity contribution >= 4 is 49.6 Å². The van der Waals surface area contributed by atoms with E-state index in [1.807, 2.05) is 48.5 Å². The molecule has 1 aromatic heterocycles. The predicted octanol–water partition coefficient (Wildman–Crippen LogP) is 3.63. The van der Waals surface area contributed by atoms with Gasteiger partial charge < -0.3 is 0 Å². The van der Waals surface area contributed by atoms with Gasteiger partial charge in [-0.15, -0.1) is 0 Å². The van der Waals surface area contributed by atoms with Gasteiger partial charge in [0, 0.05) is 12.4 Å². The maximum atomic E-state index is 13.7. The number of imide groups is 1. The molecule has 2 bridgehead atoms. The van der Waals surface area contributed by atoms with Gasteiger partial charge in [-0.3, -0.25) is 24.8 Å². The number of hydrazine groups is 1. The van der Waals surface area contributed by atoms with Crippen LogP contribution in [-0.4, -0.2) is 27.7 Å². The van der Waals surface area contributed by atoms with E-state index in [2.05, 4.69) is 42.3 Å². The molecular formula is C24H15Br2N3O3. The second-order valence-electron chi connectivity index (χ2n) is 8.16. The van der Waals surface area contributed by atoms with Crippen molar-refractivity contribution in [3.8, 4) is 0 Å². The van der Waals surface area contributed by atoms with Gasteiger partial charge in [-0.1, -0.05) is 80.4 Å². The second-order valence-corrected chi connectivity index (χ2v) is 10.7. The normalized spacial score (nSPS) is 29.4. The van der Waals surface area contributed by atoms with E-state index in [1.54, 1.807) is 18.3 Å². The molecular weight excluding hydrogens is 538 g/mol. The van der Waals surface area contributed by atoms with E-state index >= 15 is 0 Å². The largest absolute Gasteiger partial charge is 0.272 e. The summed E-state index contributed by atoms with van der Waals surface area (Å²) in [6, 6.07) is 18.9. The number of amides is 3. The topological polar surface area (TPSA) is 79.4 Å². The van der Waals surface area contributed by atoms with Crippen LogP contribution in [-0.2, 0) is 18.2 Å². The zero-order valence-electron chi connectivity index (χ0n) is 16.5. The molecule has 8 heteroatoms. The van der Waals surface area contributed by atoms with Gasteiger partial charge >= 0.3 is 0 Å².